The molecule has 0 bridgehead atoms. The van der Waals surface area contributed by atoms with Gasteiger partial charge in [0.05, 0.1) is 11.5 Å². The number of rotatable bonds is 4. The Balaban J connectivity index is 1.72. The molecule has 0 atom stereocenters. The molecule has 0 radical (unpaired) electrons. The number of nitrogens with zero attached hydrogens (tertiary/aromatic N) is 3. The number of hydrogen-bond acceptors (Lipinski definition) is 5. The Morgan fingerprint density at radius 1 is 1.50 bits per heavy atom. The van der Waals surface area contributed by atoms with Crippen molar-refractivity contribution >= 4 is 11.5 Å². The van der Waals surface area contributed by atoms with E-state index in [1.165, 1.54) is 16.4 Å². The molecule has 7 heteroatoms. The van der Waals surface area contributed by atoms with Crippen molar-refractivity contribution in [1.82, 2.24) is 9.78 Å². The molecule has 2 heterocycles. The van der Waals surface area contributed by atoms with Crippen molar-refractivity contribution in [3.05, 3.63) is 45.6 Å². The summed E-state index contributed by atoms with van der Waals surface area (Å²) in [6, 6.07) is 6.07. The summed E-state index contributed by atoms with van der Waals surface area (Å²) >= 11 is 0. The van der Waals surface area contributed by atoms with Gasteiger partial charge in [-0.1, -0.05) is 12.1 Å². The molecule has 0 aliphatic carbocycles. The van der Waals surface area contributed by atoms with Crippen molar-refractivity contribution in [3.8, 4) is 5.75 Å². The maximum Gasteiger partial charge on any atom is 0.330 e. The van der Waals surface area contributed by atoms with Crippen molar-refractivity contribution in [2.45, 2.75) is 19.4 Å². The van der Waals surface area contributed by atoms with E-state index in [0.717, 1.165) is 30.8 Å². The van der Waals surface area contributed by atoms with Crippen LogP contribution >= 0.6 is 0 Å². The summed E-state index contributed by atoms with van der Waals surface area (Å²) in [4.78, 5) is 10.2. The average molecular weight is 274 g/mol. The van der Waals surface area contributed by atoms with Crippen LogP contribution in [0.1, 0.15) is 11.1 Å². The molecule has 3 rings (SSSR count). The van der Waals surface area contributed by atoms with Crippen LogP contribution in [0.5, 0.6) is 5.75 Å². The van der Waals surface area contributed by atoms with E-state index in [4.69, 9.17) is 10.5 Å². The number of ether oxygens (including phenoxy) is 1. The Kier molecular flexibility index (Phi) is 3.02. The van der Waals surface area contributed by atoms with Gasteiger partial charge in [-0.15, -0.1) is 0 Å². The van der Waals surface area contributed by atoms with Crippen molar-refractivity contribution in [3.63, 3.8) is 0 Å². The fourth-order valence-corrected chi connectivity index (χ4v) is 2.33. The topological polar surface area (TPSA) is 96.2 Å². The largest absolute Gasteiger partial charge is 0.493 e. The molecule has 0 saturated heterocycles. The molecule has 2 N–H and O–H groups in total. The van der Waals surface area contributed by atoms with E-state index in [9.17, 15) is 10.1 Å². The lowest BCUT2D eigenvalue weighted by molar-refractivity contribution is -0.384. The predicted octanol–water partition coefficient (Wildman–Crippen LogP) is 1.55. The number of nitrogens with two attached hydrogens (primary N) is 1. The summed E-state index contributed by atoms with van der Waals surface area (Å²) in [7, 11) is 0. The van der Waals surface area contributed by atoms with Gasteiger partial charge in [-0.2, -0.15) is 5.10 Å². The minimum absolute atomic E-state index is 0.0968. The van der Waals surface area contributed by atoms with E-state index < -0.39 is 4.92 Å². The lowest BCUT2D eigenvalue weighted by atomic mass is 10.1. The monoisotopic (exact) mass is 274 g/mol. The van der Waals surface area contributed by atoms with E-state index in [2.05, 4.69) is 11.2 Å². The molecule has 1 aromatic heterocycles. The molecule has 0 saturated carbocycles. The number of hydrogen-bond donors (Lipinski definition) is 1. The number of aryl methyl sites for hydroxylation is 2. The van der Waals surface area contributed by atoms with Crippen LogP contribution in [0.2, 0.25) is 0 Å². The van der Waals surface area contributed by atoms with Crippen molar-refractivity contribution < 1.29 is 9.66 Å². The standard InChI is InChI=1S/C13H14N4O3/c14-13-11(17(18)19)8-15-16(13)5-3-9-1-2-12-10(7-9)4-6-20-12/h1-2,7-8H,3-6,14H2. The van der Waals surface area contributed by atoms with Crippen molar-refractivity contribution in [2.75, 3.05) is 12.3 Å². The van der Waals surface area contributed by atoms with Gasteiger partial charge >= 0.3 is 5.69 Å². The summed E-state index contributed by atoms with van der Waals surface area (Å²) in [6.45, 7) is 1.25. The predicted molar refractivity (Wildman–Crippen MR) is 72.6 cm³/mol. The highest BCUT2D eigenvalue weighted by Crippen LogP contribution is 2.26. The van der Waals surface area contributed by atoms with Gasteiger partial charge in [0.2, 0.25) is 5.82 Å². The Morgan fingerprint density at radius 3 is 3.10 bits per heavy atom. The van der Waals surface area contributed by atoms with Gasteiger partial charge in [0.15, 0.2) is 0 Å². The highest BCUT2D eigenvalue weighted by atomic mass is 16.6. The Hall–Kier alpha value is -2.57. The first-order chi connectivity index (χ1) is 9.65. The Morgan fingerprint density at radius 2 is 2.35 bits per heavy atom. The zero-order chi connectivity index (χ0) is 14.1. The molecule has 7 nitrogen and oxygen atoms in total. The van der Waals surface area contributed by atoms with Crippen molar-refractivity contribution in [2.24, 2.45) is 0 Å². The number of anilines is 1. The molecule has 0 spiro atoms. The van der Waals surface area contributed by atoms with Gasteiger partial charge < -0.3 is 10.5 Å². The number of nitrogen functional groups attached to an aromatic ring is 1. The quantitative estimate of drug-likeness (QED) is 0.674. The Labute approximate surface area is 115 Å². The molecule has 1 aliphatic rings. The van der Waals surface area contributed by atoms with Crippen LogP contribution in [0.4, 0.5) is 11.5 Å². The van der Waals surface area contributed by atoms with E-state index in [1.807, 2.05) is 12.1 Å². The lowest BCUT2D eigenvalue weighted by Gasteiger charge is -2.05. The number of fused-ring (bicyclic) bond motifs is 1. The van der Waals surface area contributed by atoms with Gasteiger partial charge in [-0.05, 0) is 23.6 Å². The molecule has 104 valence electrons. The molecule has 20 heavy (non-hydrogen) atoms. The van der Waals surface area contributed by atoms with Crippen molar-refractivity contribution in [1.29, 1.82) is 0 Å². The molecule has 0 amide bonds. The third-order valence-electron chi connectivity index (χ3n) is 3.42. The third-order valence-corrected chi connectivity index (χ3v) is 3.42. The van der Waals surface area contributed by atoms with Crippen LogP contribution < -0.4 is 10.5 Å². The second kappa shape index (κ2) is 4.84. The highest BCUT2D eigenvalue weighted by molar-refractivity contribution is 5.51. The molecule has 0 unspecified atom stereocenters. The second-order valence-corrected chi connectivity index (χ2v) is 4.69. The normalized spacial score (nSPS) is 13.0. The maximum atomic E-state index is 10.7. The van der Waals surface area contributed by atoms with Crippen LogP contribution in [0.3, 0.4) is 0 Å². The zero-order valence-corrected chi connectivity index (χ0v) is 10.8. The number of benzene rings is 1. The summed E-state index contributed by atoms with van der Waals surface area (Å²) in [5.41, 5.74) is 7.91. The van der Waals surface area contributed by atoms with E-state index in [1.54, 1.807) is 0 Å². The SMILES string of the molecule is Nc1c([N+](=O)[O-])cnn1CCc1ccc2c(c1)CCO2. The smallest absolute Gasteiger partial charge is 0.330 e. The summed E-state index contributed by atoms with van der Waals surface area (Å²) in [6.07, 6.45) is 2.83. The number of aromatic nitrogens is 2. The number of nitro groups is 1. The maximum absolute atomic E-state index is 10.7. The summed E-state index contributed by atoms with van der Waals surface area (Å²) < 4.78 is 6.91. The van der Waals surface area contributed by atoms with Crippen LogP contribution in [0, 0.1) is 10.1 Å². The summed E-state index contributed by atoms with van der Waals surface area (Å²) in [5.74, 6) is 1.04. The van der Waals surface area contributed by atoms with Gasteiger partial charge in [0.1, 0.15) is 11.9 Å². The van der Waals surface area contributed by atoms with Crippen LogP contribution in [0.15, 0.2) is 24.4 Å². The van der Waals surface area contributed by atoms with Gasteiger partial charge in [0.25, 0.3) is 0 Å². The minimum Gasteiger partial charge on any atom is -0.493 e. The van der Waals surface area contributed by atoms with Gasteiger partial charge in [-0.3, -0.25) is 10.1 Å². The zero-order valence-electron chi connectivity index (χ0n) is 10.8. The Bertz CT molecular complexity index is 666. The highest BCUT2D eigenvalue weighted by Gasteiger charge is 2.17. The fourth-order valence-electron chi connectivity index (χ4n) is 2.33. The third kappa shape index (κ3) is 2.18. The van der Waals surface area contributed by atoms with E-state index in [-0.39, 0.29) is 11.5 Å². The molecule has 2 aromatic rings. The minimum atomic E-state index is -0.522. The molecule has 1 aliphatic heterocycles. The van der Waals surface area contributed by atoms with E-state index >= 15 is 0 Å². The first-order valence-corrected chi connectivity index (χ1v) is 6.35. The van der Waals surface area contributed by atoms with E-state index in [0.29, 0.717) is 6.54 Å². The first kappa shape index (κ1) is 12.5. The average Bonchev–Trinajstić information content (AvgIpc) is 3.02. The van der Waals surface area contributed by atoms with Crippen LogP contribution in [0.25, 0.3) is 0 Å². The van der Waals surface area contributed by atoms with Crippen LogP contribution in [-0.2, 0) is 19.4 Å². The van der Waals surface area contributed by atoms with Crippen LogP contribution in [-0.4, -0.2) is 21.3 Å². The van der Waals surface area contributed by atoms with Gasteiger partial charge in [-0.25, -0.2) is 4.68 Å². The lowest BCUT2D eigenvalue weighted by Crippen LogP contribution is -2.07. The summed E-state index contributed by atoms with van der Waals surface area (Å²) in [5, 5.41) is 14.6. The van der Waals surface area contributed by atoms with Gasteiger partial charge in [0, 0.05) is 13.0 Å². The molecular formula is C13H14N4O3. The molecule has 1 aromatic carbocycles. The second-order valence-electron chi connectivity index (χ2n) is 4.69. The first-order valence-electron chi connectivity index (χ1n) is 6.35. The molecular weight excluding hydrogens is 260 g/mol. The fraction of sp³-hybridized carbons (Fsp3) is 0.308. The molecule has 0 fully saturated rings.